The highest BCUT2D eigenvalue weighted by Gasteiger charge is 2.10. The Morgan fingerprint density at radius 1 is 1.00 bits per heavy atom. The number of carbonyl (C=O) groups excluding carboxylic acids is 2. The summed E-state index contributed by atoms with van der Waals surface area (Å²) in [6.45, 7) is 1.93. The summed E-state index contributed by atoms with van der Waals surface area (Å²) in [6.07, 6.45) is 9.05. The van der Waals surface area contributed by atoms with Crippen molar-refractivity contribution < 1.29 is 14.3 Å². The predicted octanol–water partition coefficient (Wildman–Crippen LogP) is 6.18. The molecule has 0 unspecified atom stereocenters. The molecule has 0 radical (unpaired) electrons. The molecule has 2 aromatic carbocycles. The number of hydrogen-bond donors (Lipinski definition) is 0. The van der Waals surface area contributed by atoms with Gasteiger partial charge in [0.25, 0.3) is 0 Å². The quantitative estimate of drug-likeness (QED) is 0.212. The average Bonchev–Trinajstić information content (AvgIpc) is 2.78. The van der Waals surface area contributed by atoms with Gasteiger partial charge in [-0.15, -0.1) is 12.3 Å². The summed E-state index contributed by atoms with van der Waals surface area (Å²) < 4.78 is 5.85. The number of terminal acetylenes is 1. The predicted molar refractivity (Wildman–Crippen MR) is 126 cm³/mol. The number of carbonyl (C=O) groups is 2. The Kier molecular flexibility index (Phi) is 8.19. The highest BCUT2D eigenvalue weighted by molar-refractivity contribution is 6.31. The van der Waals surface area contributed by atoms with Gasteiger partial charge in [0.15, 0.2) is 5.78 Å². The Labute approximate surface area is 193 Å². The zero-order valence-corrected chi connectivity index (χ0v) is 18.7. The van der Waals surface area contributed by atoms with Crippen LogP contribution in [-0.4, -0.2) is 16.6 Å². The van der Waals surface area contributed by atoms with Gasteiger partial charge in [-0.3, -0.25) is 14.6 Å². The van der Waals surface area contributed by atoms with Gasteiger partial charge in [0.2, 0.25) is 0 Å². The van der Waals surface area contributed by atoms with Crippen molar-refractivity contribution in [3.63, 3.8) is 0 Å². The summed E-state index contributed by atoms with van der Waals surface area (Å²) in [6, 6.07) is 16.3. The number of pyridine rings is 1. The molecule has 4 nitrogen and oxygen atoms in total. The van der Waals surface area contributed by atoms with E-state index in [1.54, 1.807) is 18.3 Å². The van der Waals surface area contributed by atoms with Crippen LogP contribution in [0.15, 0.2) is 60.8 Å². The van der Waals surface area contributed by atoms with Crippen molar-refractivity contribution in [1.82, 2.24) is 4.98 Å². The van der Waals surface area contributed by atoms with Crippen molar-refractivity contribution in [3.05, 3.63) is 88.2 Å². The zero-order chi connectivity index (χ0) is 22.9. The van der Waals surface area contributed by atoms with E-state index >= 15 is 0 Å². The maximum atomic E-state index is 12.4. The Hall–Kier alpha value is -3.42. The van der Waals surface area contributed by atoms with Crippen LogP contribution in [0.2, 0.25) is 5.02 Å². The van der Waals surface area contributed by atoms with Crippen LogP contribution in [0.3, 0.4) is 0 Å². The van der Waals surface area contributed by atoms with E-state index in [1.807, 2.05) is 49.4 Å². The van der Waals surface area contributed by atoms with Gasteiger partial charge in [-0.05, 0) is 54.3 Å². The van der Waals surface area contributed by atoms with E-state index in [9.17, 15) is 9.59 Å². The van der Waals surface area contributed by atoms with Crippen molar-refractivity contribution in [3.8, 4) is 23.8 Å². The molecule has 0 N–H and O–H groups in total. The highest BCUT2D eigenvalue weighted by Crippen LogP contribution is 2.23. The maximum Gasteiger partial charge on any atom is 0.181 e. The Balaban J connectivity index is 1.57. The monoisotopic (exact) mass is 445 g/mol. The molecule has 1 heterocycles. The lowest BCUT2D eigenvalue weighted by Gasteiger charge is -2.08. The minimum absolute atomic E-state index is 0.0598. The Morgan fingerprint density at radius 2 is 1.72 bits per heavy atom. The topological polar surface area (TPSA) is 56.3 Å². The molecule has 0 saturated heterocycles. The first-order valence-corrected chi connectivity index (χ1v) is 10.8. The Morgan fingerprint density at radius 3 is 2.44 bits per heavy atom. The van der Waals surface area contributed by atoms with E-state index in [0.29, 0.717) is 54.3 Å². The fourth-order valence-corrected chi connectivity index (χ4v) is 3.37. The molecule has 3 rings (SSSR count). The number of benzene rings is 2. The van der Waals surface area contributed by atoms with E-state index in [-0.39, 0.29) is 11.6 Å². The van der Waals surface area contributed by atoms with Crippen LogP contribution in [0.5, 0.6) is 11.5 Å². The molecule has 3 aromatic rings. The molecule has 162 valence electrons. The number of nitrogens with zero attached hydrogens (tertiary/aromatic N) is 1. The van der Waals surface area contributed by atoms with E-state index in [2.05, 4.69) is 10.9 Å². The van der Waals surface area contributed by atoms with Gasteiger partial charge >= 0.3 is 0 Å². The average molecular weight is 446 g/mol. The first kappa shape index (κ1) is 23.2. The van der Waals surface area contributed by atoms with Crippen LogP contribution in [0.4, 0.5) is 0 Å². The van der Waals surface area contributed by atoms with Gasteiger partial charge in [0.1, 0.15) is 23.0 Å². The number of Topliss-reactive ketones (excluding diaryl/α,β-unsaturated/α-hetero) is 2. The summed E-state index contributed by atoms with van der Waals surface area (Å²) in [5.41, 5.74) is 3.19. The maximum absolute atomic E-state index is 12.4. The normalized spacial score (nSPS) is 10.4. The number of aryl methyl sites for hydroxylation is 1. The lowest BCUT2D eigenvalue weighted by Crippen LogP contribution is -2.06. The van der Waals surface area contributed by atoms with E-state index in [4.69, 9.17) is 22.8 Å². The molecule has 0 bridgehead atoms. The molecule has 0 aliphatic rings. The van der Waals surface area contributed by atoms with Crippen LogP contribution in [0, 0.1) is 19.3 Å². The first-order valence-electron chi connectivity index (χ1n) is 10.4. The summed E-state index contributed by atoms with van der Waals surface area (Å²) in [5, 5.41) is 0.700. The molecule has 0 fully saturated rings. The van der Waals surface area contributed by atoms with Crippen molar-refractivity contribution in [1.29, 1.82) is 0 Å². The second-order valence-corrected chi connectivity index (χ2v) is 7.99. The fourth-order valence-electron chi connectivity index (χ4n) is 3.25. The second-order valence-electron chi connectivity index (χ2n) is 7.58. The van der Waals surface area contributed by atoms with E-state index < -0.39 is 0 Å². The Bertz CT molecular complexity index is 1150. The van der Waals surface area contributed by atoms with Gasteiger partial charge in [0, 0.05) is 43.0 Å². The second kappa shape index (κ2) is 11.3. The van der Waals surface area contributed by atoms with Gasteiger partial charge in [-0.25, -0.2) is 0 Å². The molecule has 0 spiro atoms. The fraction of sp³-hybridized carbons (Fsp3) is 0.222. The molecule has 0 saturated carbocycles. The third kappa shape index (κ3) is 6.80. The number of ether oxygens (including phenoxy) is 1. The van der Waals surface area contributed by atoms with Crippen LogP contribution in [0.25, 0.3) is 0 Å². The smallest absolute Gasteiger partial charge is 0.181 e. The minimum Gasteiger partial charge on any atom is -0.457 e. The van der Waals surface area contributed by atoms with E-state index in [0.717, 1.165) is 16.7 Å². The standard InChI is InChI=1S/C27H24ClNO3/c1-3-4-5-6-27(31)26-18-24(13-14-29-26)32-23-10-7-20(8-11-23)16-22(30)17-21-9-12-25(28)19(2)15-21/h1,7-15,18H,4-6,16-17H2,2H3. The molecule has 0 amide bonds. The van der Waals surface area contributed by atoms with Crippen LogP contribution in [0.1, 0.15) is 46.4 Å². The van der Waals surface area contributed by atoms with Crippen molar-refractivity contribution in [2.24, 2.45) is 0 Å². The molecular weight excluding hydrogens is 422 g/mol. The van der Waals surface area contributed by atoms with Crippen LogP contribution in [-0.2, 0) is 17.6 Å². The zero-order valence-electron chi connectivity index (χ0n) is 17.9. The third-order valence-corrected chi connectivity index (χ3v) is 5.35. The van der Waals surface area contributed by atoms with Gasteiger partial charge in [-0.2, -0.15) is 0 Å². The summed E-state index contributed by atoms with van der Waals surface area (Å²) in [5.74, 6) is 3.74. The molecule has 0 aliphatic carbocycles. The van der Waals surface area contributed by atoms with Crippen molar-refractivity contribution >= 4 is 23.2 Å². The summed E-state index contributed by atoms with van der Waals surface area (Å²) in [7, 11) is 0. The highest BCUT2D eigenvalue weighted by atomic mass is 35.5. The SMILES string of the molecule is C#CCCCC(=O)c1cc(Oc2ccc(CC(=O)Cc3ccc(Cl)c(C)c3)cc2)ccn1. The third-order valence-electron chi connectivity index (χ3n) is 4.93. The molecule has 1 aromatic heterocycles. The molecular formula is C27H24ClNO3. The summed E-state index contributed by atoms with van der Waals surface area (Å²) in [4.78, 5) is 28.8. The van der Waals surface area contributed by atoms with Gasteiger partial charge in [0.05, 0.1) is 0 Å². The lowest BCUT2D eigenvalue weighted by atomic mass is 10.0. The molecule has 0 atom stereocenters. The van der Waals surface area contributed by atoms with Crippen molar-refractivity contribution in [2.75, 3.05) is 0 Å². The number of hydrogen-bond acceptors (Lipinski definition) is 4. The number of ketones is 2. The van der Waals surface area contributed by atoms with Crippen LogP contribution < -0.4 is 4.74 Å². The first-order chi connectivity index (χ1) is 15.4. The molecule has 0 aliphatic heterocycles. The molecule has 5 heteroatoms. The van der Waals surface area contributed by atoms with Gasteiger partial charge in [-0.1, -0.05) is 35.9 Å². The summed E-state index contributed by atoms with van der Waals surface area (Å²) >= 11 is 6.05. The molecule has 32 heavy (non-hydrogen) atoms. The minimum atomic E-state index is -0.0598. The lowest BCUT2D eigenvalue weighted by molar-refractivity contribution is -0.117. The largest absolute Gasteiger partial charge is 0.457 e. The number of halogens is 1. The van der Waals surface area contributed by atoms with E-state index in [1.165, 1.54) is 0 Å². The number of rotatable bonds is 10. The van der Waals surface area contributed by atoms with Crippen LogP contribution >= 0.6 is 11.6 Å². The number of unbranched alkanes of at least 4 members (excludes halogenated alkanes) is 1. The van der Waals surface area contributed by atoms with Crippen molar-refractivity contribution in [2.45, 2.75) is 39.0 Å². The number of aromatic nitrogens is 1. The van der Waals surface area contributed by atoms with Gasteiger partial charge < -0.3 is 4.74 Å².